The Bertz CT molecular complexity index is 1000. The molecule has 0 aromatic heterocycles. The highest BCUT2D eigenvalue weighted by atomic mass is 19.2. The maximum absolute atomic E-state index is 14.4. The fourth-order valence-electron chi connectivity index (χ4n) is 2.18. The van der Waals surface area contributed by atoms with Crippen LogP contribution in [0.1, 0.15) is 19.4 Å². The van der Waals surface area contributed by atoms with Crippen LogP contribution in [0.15, 0.2) is 48.6 Å². The van der Waals surface area contributed by atoms with Gasteiger partial charge in [0.15, 0.2) is 23.3 Å². The third-order valence-electron chi connectivity index (χ3n) is 3.72. The number of esters is 2. The smallest absolute Gasteiger partial charge is 0.338 e. The van der Waals surface area contributed by atoms with Gasteiger partial charge in [-0.15, -0.1) is 0 Å². The lowest BCUT2D eigenvalue weighted by atomic mass is 10.0. The molecule has 0 fully saturated rings. The van der Waals surface area contributed by atoms with Crippen LogP contribution in [-0.2, 0) is 20.9 Å². The molecule has 8 heteroatoms. The molecule has 29 heavy (non-hydrogen) atoms. The quantitative estimate of drug-likeness (QED) is 0.292. The summed E-state index contributed by atoms with van der Waals surface area (Å²) in [5.74, 6) is -8.09. The summed E-state index contributed by atoms with van der Waals surface area (Å²) < 4.78 is 66.4. The molecule has 0 aliphatic carbocycles. The number of carbonyl (C=O) groups is 2. The minimum atomic E-state index is -1.39. The largest absolute Gasteiger partial charge is 0.457 e. The van der Waals surface area contributed by atoms with E-state index in [1.807, 2.05) is 0 Å². The lowest BCUT2D eigenvalue weighted by Gasteiger charge is -2.12. The fourth-order valence-corrected chi connectivity index (χ4v) is 2.18. The highest BCUT2D eigenvalue weighted by Gasteiger charge is 2.21. The van der Waals surface area contributed by atoms with Gasteiger partial charge in [-0.3, -0.25) is 0 Å². The molecule has 0 amide bonds. The molecule has 0 bridgehead atoms. The van der Waals surface area contributed by atoms with E-state index in [1.54, 1.807) is 0 Å². The van der Waals surface area contributed by atoms with Gasteiger partial charge < -0.3 is 9.47 Å². The zero-order chi connectivity index (χ0) is 21.9. The molecular formula is C21H16F4O4. The number of ether oxygens (including phenoxy) is 2. The van der Waals surface area contributed by atoms with Crippen molar-refractivity contribution >= 4 is 11.9 Å². The van der Waals surface area contributed by atoms with Crippen molar-refractivity contribution in [2.75, 3.05) is 0 Å². The molecule has 0 radical (unpaired) electrons. The Morgan fingerprint density at radius 3 is 1.97 bits per heavy atom. The Balaban J connectivity index is 2.36. The highest BCUT2D eigenvalue weighted by molar-refractivity contribution is 5.89. The monoisotopic (exact) mass is 408 g/mol. The molecule has 0 N–H and O–H groups in total. The van der Waals surface area contributed by atoms with Gasteiger partial charge in [0, 0.05) is 22.3 Å². The van der Waals surface area contributed by atoms with Crippen molar-refractivity contribution < 1.29 is 36.6 Å². The molecule has 152 valence electrons. The first-order valence-corrected chi connectivity index (χ1v) is 8.19. The molecule has 4 nitrogen and oxygen atoms in total. The van der Waals surface area contributed by atoms with Crippen LogP contribution < -0.4 is 4.74 Å². The molecular weight excluding hydrogens is 392 g/mol. The molecule has 0 heterocycles. The molecule has 2 rings (SSSR count). The normalized spacial score (nSPS) is 10.4. The molecule has 2 aromatic carbocycles. The van der Waals surface area contributed by atoms with Gasteiger partial charge in [-0.25, -0.2) is 27.2 Å². The van der Waals surface area contributed by atoms with Crippen LogP contribution in [0.3, 0.4) is 0 Å². The number of halogens is 4. The summed E-state index contributed by atoms with van der Waals surface area (Å²) in [6, 6.07) is 3.59. The first kappa shape index (κ1) is 21.9. The second-order valence-corrected chi connectivity index (χ2v) is 6.20. The van der Waals surface area contributed by atoms with Gasteiger partial charge >= 0.3 is 11.9 Å². The fraction of sp³-hybridized carbons (Fsp3) is 0.143. The summed E-state index contributed by atoms with van der Waals surface area (Å²) in [5.41, 5.74) is -1.02. The Hall–Kier alpha value is -3.42. The second-order valence-electron chi connectivity index (χ2n) is 6.20. The number of benzene rings is 2. The first-order valence-electron chi connectivity index (χ1n) is 8.19. The standard InChI is InChI=1S/C21H16F4O4/c1-10(2)20(26)28-9-12-5-6-14(18(25)17(12)24)13-7-15(22)19(16(23)8-13)29-21(27)11(3)4/h5-8H,1,3,9H2,2,4H3. The van der Waals surface area contributed by atoms with Gasteiger partial charge in [0.25, 0.3) is 0 Å². The van der Waals surface area contributed by atoms with Crippen molar-refractivity contribution in [1.82, 2.24) is 0 Å². The summed E-state index contributed by atoms with van der Waals surface area (Å²) in [7, 11) is 0. The van der Waals surface area contributed by atoms with Crippen LogP contribution in [0.5, 0.6) is 5.75 Å². The van der Waals surface area contributed by atoms with E-state index in [1.165, 1.54) is 13.8 Å². The molecule has 0 aliphatic heterocycles. The molecule has 2 aromatic rings. The molecule has 0 atom stereocenters. The van der Waals surface area contributed by atoms with Crippen LogP contribution in [0, 0.1) is 23.3 Å². The third-order valence-corrected chi connectivity index (χ3v) is 3.72. The third kappa shape index (κ3) is 4.90. The Morgan fingerprint density at radius 1 is 0.897 bits per heavy atom. The molecule has 0 aliphatic rings. The van der Waals surface area contributed by atoms with Crippen molar-refractivity contribution in [2.45, 2.75) is 20.5 Å². The van der Waals surface area contributed by atoms with E-state index in [0.717, 1.165) is 12.1 Å². The predicted molar refractivity (Wildman–Crippen MR) is 96.8 cm³/mol. The second kappa shape index (κ2) is 8.72. The van der Waals surface area contributed by atoms with Gasteiger partial charge in [0.2, 0.25) is 5.75 Å². The van der Waals surface area contributed by atoms with Crippen molar-refractivity contribution in [2.24, 2.45) is 0 Å². The highest BCUT2D eigenvalue weighted by Crippen LogP contribution is 2.32. The summed E-state index contributed by atoms with van der Waals surface area (Å²) in [4.78, 5) is 22.8. The van der Waals surface area contributed by atoms with Crippen molar-refractivity contribution in [1.29, 1.82) is 0 Å². The summed E-state index contributed by atoms with van der Waals surface area (Å²) in [6.45, 7) is 8.79. The maximum atomic E-state index is 14.4. The Morgan fingerprint density at radius 2 is 1.45 bits per heavy atom. The zero-order valence-electron chi connectivity index (χ0n) is 15.6. The molecule has 0 saturated carbocycles. The van der Waals surface area contributed by atoms with Gasteiger partial charge in [-0.1, -0.05) is 25.3 Å². The van der Waals surface area contributed by atoms with Gasteiger partial charge in [0.1, 0.15) is 6.61 Å². The zero-order valence-corrected chi connectivity index (χ0v) is 15.6. The van der Waals surface area contributed by atoms with Crippen LogP contribution in [-0.4, -0.2) is 11.9 Å². The van der Waals surface area contributed by atoms with E-state index in [9.17, 15) is 27.2 Å². The van der Waals surface area contributed by atoms with Crippen LogP contribution in [0.4, 0.5) is 17.6 Å². The SMILES string of the molecule is C=C(C)C(=O)OCc1ccc(-c2cc(F)c(OC(=O)C(=C)C)c(F)c2)c(F)c1F. The lowest BCUT2D eigenvalue weighted by molar-refractivity contribution is -0.140. The predicted octanol–water partition coefficient (Wildman–Crippen LogP) is 5.01. The van der Waals surface area contributed by atoms with Crippen molar-refractivity contribution in [3.05, 3.63) is 77.4 Å². The van der Waals surface area contributed by atoms with E-state index >= 15 is 0 Å². The van der Waals surface area contributed by atoms with E-state index in [2.05, 4.69) is 17.9 Å². The summed E-state index contributed by atoms with van der Waals surface area (Å²) in [6.07, 6.45) is 0. The Kier molecular flexibility index (Phi) is 6.58. The van der Waals surface area contributed by atoms with E-state index in [4.69, 9.17) is 4.74 Å². The topological polar surface area (TPSA) is 52.6 Å². The maximum Gasteiger partial charge on any atom is 0.338 e. The summed E-state index contributed by atoms with van der Waals surface area (Å²) in [5, 5.41) is 0. The van der Waals surface area contributed by atoms with Crippen LogP contribution in [0.2, 0.25) is 0 Å². The average molecular weight is 408 g/mol. The van der Waals surface area contributed by atoms with Crippen molar-refractivity contribution in [3.63, 3.8) is 0 Å². The number of rotatable bonds is 6. The van der Waals surface area contributed by atoms with Crippen molar-refractivity contribution in [3.8, 4) is 16.9 Å². The van der Waals surface area contributed by atoms with Crippen LogP contribution >= 0.6 is 0 Å². The molecule has 0 saturated heterocycles. The number of carbonyl (C=O) groups excluding carboxylic acids is 2. The first-order chi connectivity index (χ1) is 13.5. The lowest BCUT2D eigenvalue weighted by Crippen LogP contribution is -2.11. The van der Waals surface area contributed by atoms with E-state index in [-0.39, 0.29) is 22.3 Å². The summed E-state index contributed by atoms with van der Waals surface area (Å²) >= 11 is 0. The number of hydrogen-bond donors (Lipinski definition) is 0. The molecule has 0 unspecified atom stereocenters. The Labute approximate surface area is 164 Å². The van der Waals surface area contributed by atoms with E-state index < -0.39 is 53.1 Å². The van der Waals surface area contributed by atoms with Gasteiger partial charge in [-0.2, -0.15) is 0 Å². The van der Waals surface area contributed by atoms with Gasteiger partial charge in [0.05, 0.1) is 0 Å². The number of hydrogen-bond acceptors (Lipinski definition) is 4. The average Bonchev–Trinajstić information content (AvgIpc) is 2.64. The minimum Gasteiger partial charge on any atom is -0.457 e. The van der Waals surface area contributed by atoms with Crippen LogP contribution in [0.25, 0.3) is 11.1 Å². The van der Waals surface area contributed by atoms with Gasteiger partial charge in [-0.05, 0) is 31.5 Å². The minimum absolute atomic E-state index is 0.0797. The molecule has 0 spiro atoms. The van der Waals surface area contributed by atoms with E-state index in [0.29, 0.717) is 12.1 Å².